The molecule has 8 aromatic carbocycles. The zero-order valence-electron chi connectivity index (χ0n) is 33.3. The van der Waals surface area contributed by atoms with E-state index in [1.165, 1.54) is 0 Å². The van der Waals surface area contributed by atoms with Crippen LogP contribution in [-0.4, -0.2) is 15.7 Å². The van der Waals surface area contributed by atoms with Gasteiger partial charge in [0, 0.05) is 39.1 Å². The number of nitrogens with one attached hydrogen (secondary N) is 2. The van der Waals surface area contributed by atoms with Crippen molar-refractivity contribution in [1.82, 2.24) is 15.3 Å². The Labute approximate surface area is 356 Å². The van der Waals surface area contributed by atoms with E-state index in [-0.39, 0.29) is 0 Å². The predicted molar refractivity (Wildman–Crippen MR) is 253 cm³/mol. The molecule has 9 aromatic rings. The Morgan fingerprint density at radius 1 is 0.377 bits per heavy atom. The molecule has 1 aromatic heterocycles. The molecule has 4 nitrogen and oxygen atoms in total. The van der Waals surface area contributed by atoms with Crippen molar-refractivity contribution in [1.29, 1.82) is 5.41 Å². The molecule has 0 amide bonds. The molecule has 0 atom stereocenters. The molecule has 1 aliphatic rings. The van der Waals surface area contributed by atoms with Crippen LogP contribution < -0.4 is 5.32 Å². The van der Waals surface area contributed by atoms with Gasteiger partial charge in [-0.25, -0.2) is 9.97 Å². The third-order valence-corrected chi connectivity index (χ3v) is 11.2. The topological polar surface area (TPSA) is 61.7 Å². The molecule has 2 N–H and O–H groups in total. The summed E-state index contributed by atoms with van der Waals surface area (Å²) in [5, 5.41) is 13.4. The first-order valence-electron chi connectivity index (χ1n) is 20.5. The number of benzene rings is 8. The monoisotopic (exact) mass is 780 g/mol. The Morgan fingerprint density at radius 3 is 1.36 bits per heavy atom. The Balaban J connectivity index is 1.00. The second kappa shape index (κ2) is 16.6. The highest BCUT2D eigenvalue weighted by atomic mass is 14.9. The molecule has 0 aliphatic carbocycles. The van der Waals surface area contributed by atoms with Gasteiger partial charge in [0.1, 0.15) is 0 Å². The Kier molecular flexibility index (Phi) is 10.1. The van der Waals surface area contributed by atoms with Crippen LogP contribution in [0.4, 0.5) is 0 Å². The van der Waals surface area contributed by atoms with Gasteiger partial charge >= 0.3 is 0 Å². The van der Waals surface area contributed by atoms with Crippen LogP contribution in [0.2, 0.25) is 0 Å². The van der Waals surface area contributed by atoms with Gasteiger partial charge < -0.3 is 5.32 Å². The fraction of sp³-hybridized carbons (Fsp3) is 0. The van der Waals surface area contributed by atoms with Gasteiger partial charge in [-0.1, -0.05) is 212 Å². The van der Waals surface area contributed by atoms with Crippen molar-refractivity contribution in [3.8, 4) is 56.2 Å². The minimum absolute atomic E-state index is 0.461. The lowest BCUT2D eigenvalue weighted by Gasteiger charge is -2.27. The van der Waals surface area contributed by atoms with Crippen molar-refractivity contribution < 1.29 is 0 Å². The van der Waals surface area contributed by atoms with E-state index in [0.29, 0.717) is 11.5 Å². The van der Waals surface area contributed by atoms with Crippen LogP contribution in [0.1, 0.15) is 27.8 Å². The number of hydrogen-bond donors (Lipinski definition) is 2. The summed E-state index contributed by atoms with van der Waals surface area (Å²) in [5.74, 6) is 0.704. The van der Waals surface area contributed by atoms with Crippen LogP contribution in [0.15, 0.2) is 224 Å². The van der Waals surface area contributed by atoms with Gasteiger partial charge in [0.15, 0.2) is 5.82 Å². The molecule has 2 heterocycles. The zero-order valence-corrected chi connectivity index (χ0v) is 33.3. The molecule has 0 saturated carbocycles. The van der Waals surface area contributed by atoms with Crippen LogP contribution in [0.25, 0.3) is 79.2 Å². The van der Waals surface area contributed by atoms with Gasteiger partial charge in [0.05, 0.1) is 22.8 Å². The molecule has 288 valence electrons. The number of rotatable bonds is 9. The summed E-state index contributed by atoms with van der Waals surface area (Å²) >= 11 is 0. The number of fused-ring (bicyclic) bond motifs is 1. The maximum Gasteiger partial charge on any atom is 0.160 e. The van der Waals surface area contributed by atoms with E-state index < -0.39 is 0 Å². The van der Waals surface area contributed by atoms with E-state index in [1.54, 1.807) is 0 Å². The molecule has 10 rings (SSSR count). The lowest BCUT2D eigenvalue weighted by atomic mass is 9.86. The Morgan fingerprint density at radius 2 is 0.803 bits per heavy atom. The molecule has 0 spiro atoms. The van der Waals surface area contributed by atoms with Gasteiger partial charge in [-0.3, -0.25) is 5.41 Å². The SMILES string of the molecule is N=C(/C(=C1\NC(c2ccccc2)=Cc2ccc(-c3ccc(-c4ccc(-c5cc(-c6ccccc6)nc(-c6ccccc6)n5)cc4)cc3)cc21)c1ccccc1)c1ccccc1. The molecular weight excluding hydrogens is 741 g/mol. The standard InChI is InChI=1S/C57H40N4/c58-55(46-22-12-4-13-23-46)54(45-20-10-3-11-21-45)56-50-36-48(34-35-49(50)37-51(59-56)42-16-6-1-7-17-42)41-28-26-39(27-29-41)40-30-32-44(33-31-40)53-38-52(43-18-8-2-9-19-43)60-57(61-53)47-24-14-5-15-25-47/h1-38,58-59H/b56-54-,58-55?. The summed E-state index contributed by atoms with van der Waals surface area (Å²) in [6.07, 6.45) is 2.21. The first-order chi connectivity index (χ1) is 30.1. The van der Waals surface area contributed by atoms with Crippen molar-refractivity contribution >= 4 is 28.8 Å². The minimum Gasteiger partial charge on any atom is -0.354 e. The van der Waals surface area contributed by atoms with Crippen LogP contribution in [-0.2, 0) is 0 Å². The number of nitrogens with zero attached hydrogens (tertiary/aromatic N) is 2. The summed E-state index contributed by atoms with van der Waals surface area (Å²) in [6.45, 7) is 0. The predicted octanol–water partition coefficient (Wildman–Crippen LogP) is 13.8. The molecule has 0 radical (unpaired) electrons. The van der Waals surface area contributed by atoms with Crippen LogP contribution in [0.3, 0.4) is 0 Å². The fourth-order valence-electron chi connectivity index (χ4n) is 7.97. The lowest BCUT2D eigenvalue weighted by molar-refractivity contribution is 1.18. The van der Waals surface area contributed by atoms with Crippen molar-refractivity contribution in [2.45, 2.75) is 0 Å². The number of hydrogen-bond acceptors (Lipinski definition) is 4. The molecule has 4 heteroatoms. The van der Waals surface area contributed by atoms with Crippen molar-refractivity contribution in [3.05, 3.63) is 252 Å². The quantitative estimate of drug-likeness (QED) is 0.143. The van der Waals surface area contributed by atoms with Crippen LogP contribution >= 0.6 is 0 Å². The first-order valence-corrected chi connectivity index (χ1v) is 20.5. The summed E-state index contributed by atoms with van der Waals surface area (Å²) in [7, 11) is 0. The largest absolute Gasteiger partial charge is 0.354 e. The summed E-state index contributed by atoms with van der Waals surface area (Å²) in [5.41, 5.74) is 17.6. The molecule has 1 aliphatic heterocycles. The Bertz CT molecular complexity index is 2990. The maximum atomic E-state index is 9.62. The van der Waals surface area contributed by atoms with E-state index in [4.69, 9.17) is 9.97 Å². The van der Waals surface area contributed by atoms with Gasteiger partial charge in [-0.2, -0.15) is 0 Å². The van der Waals surface area contributed by atoms with Crippen molar-refractivity contribution in [2.24, 2.45) is 0 Å². The second-order valence-corrected chi connectivity index (χ2v) is 15.1. The highest BCUT2D eigenvalue weighted by Gasteiger charge is 2.24. The zero-order chi connectivity index (χ0) is 41.0. The van der Waals surface area contributed by atoms with E-state index in [9.17, 15) is 5.41 Å². The molecule has 0 fully saturated rings. The second-order valence-electron chi connectivity index (χ2n) is 15.1. The highest BCUT2D eigenvalue weighted by molar-refractivity contribution is 6.36. The van der Waals surface area contributed by atoms with E-state index in [1.807, 2.05) is 91.0 Å². The van der Waals surface area contributed by atoms with Crippen molar-refractivity contribution in [2.75, 3.05) is 0 Å². The molecule has 0 unspecified atom stereocenters. The summed E-state index contributed by atoms with van der Waals surface area (Å²) < 4.78 is 0. The van der Waals surface area contributed by atoms with Crippen LogP contribution in [0, 0.1) is 5.41 Å². The van der Waals surface area contributed by atoms with Gasteiger partial charge in [-0.15, -0.1) is 0 Å². The van der Waals surface area contributed by atoms with Crippen LogP contribution in [0.5, 0.6) is 0 Å². The third kappa shape index (κ3) is 7.74. The fourth-order valence-corrected chi connectivity index (χ4v) is 7.97. The number of aromatic nitrogens is 2. The minimum atomic E-state index is 0.461. The molecular formula is C57H40N4. The maximum absolute atomic E-state index is 9.62. The van der Waals surface area contributed by atoms with Crippen molar-refractivity contribution in [3.63, 3.8) is 0 Å². The average Bonchev–Trinajstić information content (AvgIpc) is 3.35. The van der Waals surface area contributed by atoms with E-state index >= 15 is 0 Å². The Hall–Kier alpha value is -8.21. The highest BCUT2D eigenvalue weighted by Crippen LogP contribution is 2.39. The summed E-state index contributed by atoms with van der Waals surface area (Å²) in [6, 6.07) is 77.2. The van der Waals surface area contributed by atoms with Gasteiger partial charge in [0.2, 0.25) is 0 Å². The normalized spacial score (nSPS) is 12.8. The summed E-state index contributed by atoms with van der Waals surface area (Å²) in [4.78, 5) is 9.98. The van der Waals surface area contributed by atoms with E-state index in [2.05, 4.69) is 145 Å². The van der Waals surface area contributed by atoms with E-state index in [0.717, 1.165) is 95.1 Å². The number of allylic oxidation sites excluding steroid dienone is 1. The molecule has 61 heavy (non-hydrogen) atoms. The molecule has 0 bridgehead atoms. The lowest BCUT2D eigenvalue weighted by Crippen LogP contribution is -2.20. The van der Waals surface area contributed by atoms with Gasteiger partial charge in [-0.05, 0) is 57.2 Å². The first kappa shape index (κ1) is 37.1. The molecule has 0 saturated heterocycles. The van der Waals surface area contributed by atoms with Gasteiger partial charge in [0.25, 0.3) is 0 Å². The average molecular weight is 781 g/mol. The smallest absolute Gasteiger partial charge is 0.160 e. The third-order valence-electron chi connectivity index (χ3n) is 11.2.